The molecule has 1 rings (SSSR count). The van der Waals surface area contributed by atoms with Gasteiger partial charge in [0.2, 0.25) is 0 Å². The van der Waals surface area contributed by atoms with Crippen LogP contribution < -0.4 is 5.73 Å². The maximum atomic E-state index is 8.94. The second kappa shape index (κ2) is 4.54. The molecular weight excluding hydrogens is 183 g/mol. The molecule has 0 spiro atoms. The highest BCUT2D eigenvalue weighted by atomic mass is 16.3. The smallest absolute Gasteiger partial charge is 0.251 e. The molecule has 0 bridgehead atoms. The molecule has 0 aromatic carbocycles. The normalized spacial score (nSPS) is 11.9. The lowest BCUT2D eigenvalue weighted by Crippen LogP contribution is -2.47. The average Bonchev–Trinajstić information content (AvgIpc) is 2.61. The van der Waals surface area contributed by atoms with Crippen molar-refractivity contribution in [1.29, 1.82) is 0 Å². The molecule has 6 nitrogen and oxygen atoms in total. The van der Waals surface area contributed by atoms with Gasteiger partial charge in [0.25, 0.3) is 7.98 Å². The summed E-state index contributed by atoms with van der Waals surface area (Å²) in [4.78, 5) is 0. The highest BCUT2D eigenvalue weighted by molar-refractivity contribution is 6.05. The molecule has 0 amide bonds. The van der Waals surface area contributed by atoms with Crippen molar-refractivity contribution in [2.24, 2.45) is 5.73 Å². The first-order valence-corrected chi connectivity index (χ1v) is 4.45. The number of nitrogens with zero attached hydrogens (tertiary/aromatic N) is 3. The van der Waals surface area contributed by atoms with Crippen LogP contribution in [0, 0.1) is 0 Å². The van der Waals surface area contributed by atoms with E-state index in [0.717, 1.165) is 5.69 Å². The van der Waals surface area contributed by atoms with Crippen molar-refractivity contribution < 1.29 is 10.2 Å². The summed E-state index contributed by atoms with van der Waals surface area (Å²) in [5.74, 6) is 0. The molecule has 0 atom stereocenters. The van der Waals surface area contributed by atoms with Crippen LogP contribution in [-0.2, 0) is 6.42 Å². The molecule has 14 heavy (non-hydrogen) atoms. The van der Waals surface area contributed by atoms with Crippen molar-refractivity contribution >= 4 is 7.98 Å². The van der Waals surface area contributed by atoms with Crippen molar-refractivity contribution in [3.63, 3.8) is 0 Å². The Morgan fingerprint density at radius 3 is 2.57 bits per heavy atom. The minimum absolute atomic E-state index is 0.232. The zero-order valence-corrected chi connectivity index (χ0v) is 8.22. The van der Waals surface area contributed by atoms with Crippen LogP contribution in [0.5, 0.6) is 0 Å². The van der Waals surface area contributed by atoms with Crippen molar-refractivity contribution in [3.8, 4) is 0 Å². The molecule has 0 aliphatic carbocycles. The lowest BCUT2D eigenvalue weighted by atomic mass is 9.96. The highest BCUT2D eigenvalue weighted by Crippen LogP contribution is 2.09. The van der Waals surface area contributed by atoms with Gasteiger partial charge < -0.3 is 20.5 Å². The lowest BCUT2D eigenvalue weighted by Gasteiger charge is -2.23. The fraction of sp³-hybridized carbons (Fsp3) is 0.714. The quantitative estimate of drug-likeness (QED) is 0.447. The Bertz CT molecular complexity index is 287. The van der Waals surface area contributed by atoms with Crippen molar-refractivity contribution in [2.45, 2.75) is 18.4 Å². The highest BCUT2D eigenvalue weighted by Gasteiger charge is 2.22. The van der Waals surface area contributed by atoms with Crippen molar-refractivity contribution in [1.82, 2.24) is 14.9 Å². The third-order valence-electron chi connectivity index (χ3n) is 2.16. The number of hydrogen-bond acceptors (Lipinski definition) is 5. The predicted molar refractivity (Wildman–Crippen MR) is 53.4 cm³/mol. The minimum atomic E-state index is -0.919. The Kier molecular flexibility index (Phi) is 3.62. The molecule has 0 aliphatic rings. The van der Waals surface area contributed by atoms with Gasteiger partial charge in [-0.05, 0) is 12.8 Å². The number of rotatable bonds is 5. The van der Waals surface area contributed by atoms with E-state index in [2.05, 4.69) is 10.3 Å². The fourth-order valence-electron chi connectivity index (χ4n) is 1.09. The van der Waals surface area contributed by atoms with Crippen molar-refractivity contribution in [2.75, 3.05) is 13.2 Å². The average molecular weight is 198 g/mol. The molecule has 7 heteroatoms. The third-order valence-corrected chi connectivity index (χ3v) is 2.16. The molecule has 1 aromatic heterocycles. The van der Waals surface area contributed by atoms with Crippen LogP contribution >= 0.6 is 0 Å². The van der Waals surface area contributed by atoms with Gasteiger partial charge in [-0.25, -0.2) is 0 Å². The van der Waals surface area contributed by atoms with E-state index in [0.29, 0.717) is 12.8 Å². The van der Waals surface area contributed by atoms with Crippen LogP contribution in [0.15, 0.2) is 6.20 Å². The predicted octanol–water partition coefficient (Wildman–Crippen LogP) is -2.71. The zero-order valence-electron chi connectivity index (χ0n) is 8.22. The Morgan fingerprint density at radius 1 is 1.50 bits per heavy atom. The fourth-order valence-corrected chi connectivity index (χ4v) is 1.09. The van der Waals surface area contributed by atoms with E-state index in [1.807, 2.05) is 0 Å². The standard InChI is InChI=1S/C7H15BN4O2/c8-12-3-6(10-11-12)1-2-7(9,4-13)5-14/h3,13-14H,1-2,4-5,8-9H2. The summed E-state index contributed by atoms with van der Waals surface area (Å²) in [6.45, 7) is -0.465. The molecular formula is C7H15BN4O2. The SMILES string of the molecule is Bn1cc(CCC(N)(CO)CO)nn1. The second-order valence-corrected chi connectivity index (χ2v) is 3.56. The van der Waals surface area contributed by atoms with E-state index in [4.69, 9.17) is 15.9 Å². The summed E-state index contributed by atoms with van der Waals surface area (Å²) in [5, 5.41) is 25.5. The summed E-state index contributed by atoms with van der Waals surface area (Å²) < 4.78 is 1.60. The summed E-state index contributed by atoms with van der Waals surface area (Å²) in [7, 11) is 1.78. The van der Waals surface area contributed by atoms with E-state index in [-0.39, 0.29) is 13.2 Å². The van der Waals surface area contributed by atoms with Gasteiger partial charge in [0.15, 0.2) is 0 Å². The van der Waals surface area contributed by atoms with Crippen LogP contribution in [0.1, 0.15) is 12.1 Å². The molecule has 4 N–H and O–H groups in total. The van der Waals surface area contributed by atoms with E-state index in [1.165, 1.54) is 0 Å². The minimum Gasteiger partial charge on any atom is -0.394 e. The number of aromatic nitrogens is 3. The largest absolute Gasteiger partial charge is 0.394 e. The van der Waals surface area contributed by atoms with Crippen LogP contribution in [0.25, 0.3) is 0 Å². The Hall–Kier alpha value is -0.915. The summed E-state index contributed by atoms with van der Waals surface area (Å²) in [6.07, 6.45) is 2.87. The molecule has 0 fully saturated rings. The van der Waals surface area contributed by atoms with E-state index in [1.54, 1.807) is 18.8 Å². The first-order chi connectivity index (χ1) is 6.59. The molecule has 0 unspecified atom stereocenters. The Labute approximate surface area is 83.2 Å². The topological polar surface area (TPSA) is 97.2 Å². The molecule has 0 saturated heterocycles. The van der Waals surface area contributed by atoms with Crippen LogP contribution in [0.3, 0.4) is 0 Å². The maximum absolute atomic E-state index is 8.94. The van der Waals surface area contributed by atoms with E-state index in [9.17, 15) is 0 Å². The molecule has 0 radical (unpaired) electrons. The first-order valence-electron chi connectivity index (χ1n) is 4.45. The van der Waals surface area contributed by atoms with Gasteiger partial charge in [-0.3, -0.25) is 0 Å². The molecule has 1 heterocycles. The number of aliphatic hydroxyl groups excluding tert-OH is 2. The number of nitrogens with two attached hydrogens (primary N) is 1. The van der Waals surface area contributed by atoms with Gasteiger partial charge >= 0.3 is 0 Å². The molecule has 78 valence electrons. The summed E-state index contributed by atoms with van der Waals surface area (Å²) >= 11 is 0. The van der Waals surface area contributed by atoms with E-state index < -0.39 is 5.54 Å². The van der Waals surface area contributed by atoms with Gasteiger partial charge in [0.1, 0.15) is 0 Å². The van der Waals surface area contributed by atoms with Gasteiger partial charge in [0.05, 0.1) is 24.4 Å². The van der Waals surface area contributed by atoms with Crippen molar-refractivity contribution in [3.05, 3.63) is 11.9 Å². The number of aliphatic hydroxyl groups is 2. The second-order valence-electron chi connectivity index (χ2n) is 3.56. The number of hydrogen-bond donors (Lipinski definition) is 3. The van der Waals surface area contributed by atoms with Gasteiger partial charge in [-0.2, -0.15) is 0 Å². The van der Waals surface area contributed by atoms with Crippen LogP contribution in [0.4, 0.5) is 0 Å². The Balaban J connectivity index is 2.47. The number of aryl methyl sites for hydroxylation is 1. The molecule has 0 saturated carbocycles. The van der Waals surface area contributed by atoms with Crippen LogP contribution in [0.2, 0.25) is 0 Å². The van der Waals surface area contributed by atoms with Gasteiger partial charge in [-0.1, -0.05) is 5.21 Å². The maximum Gasteiger partial charge on any atom is 0.251 e. The lowest BCUT2D eigenvalue weighted by molar-refractivity contribution is 0.114. The van der Waals surface area contributed by atoms with E-state index >= 15 is 0 Å². The summed E-state index contributed by atoms with van der Waals surface area (Å²) in [6, 6.07) is 0. The first kappa shape index (κ1) is 11.2. The zero-order chi connectivity index (χ0) is 10.6. The Morgan fingerprint density at radius 2 is 2.14 bits per heavy atom. The monoisotopic (exact) mass is 198 g/mol. The molecule has 0 aliphatic heterocycles. The third kappa shape index (κ3) is 2.79. The van der Waals surface area contributed by atoms with Gasteiger partial charge in [-0.15, -0.1) is 5.10 Å². The van der Waals surface area contributed by atoms with Crippen LogP contribution in [-0.4, -0.2) is 51.9 Å². The van der Waals surface area contributed by atoms with Gasteiger partial charge in [0, 0.05) is 6.20 Å². The summed E-state index contributed by atoms with van der Waals surface area (Å²) in [5.41, 5.74) is 5.59. The molecule has 1 aromatic rings.